The molecule has 0 aromatic heterocycles. The largest absolute Gasteiger partial charge is 0.462 e. The highest BCUT2D eigenvalue weighted by atomic mass is 35.5. The second-order valence-electron chi connectivity index (χ2n) is 6.57. The Labute approximate surface area is 151 Å². The summed E-state index contributed by atoms with van der Waals surface area (Å²) in [5.74, 6) is -0.236. The smallest absolute Gasteiger partial charge is 0.333 e. The summed E-state index contributed by atoms with van der Waals surface area (Å²) in [6.45, 7) is 12.8. The summed E-state index contributed by atoms with van der Waals surface area (Å²) in [6, 6.07) is 0. The maximum Gasteiger partial charge on any atom is 0.333 e. The van der Waals surface area contributed by atoms with Crippen molar-refractivity contribution in [2.75, 3.05) is 31.3 Å². The predicted octanol–water partition coefficient (Wildman–Crippen LogP) is 6.34. The third-order valence-corrected chi connectivity index (χ3v) is 9.38. The molecule has 0 heterocycles. The molecule has 0 unspecified atom stereocenters. The van der Waals surface area contributed by atoms with Crippen molar-refractivity contribution >= 4 is 25.6 Å². The van der Waals surface area contributed by atoms with Crippen molar-refractivity contribution < 1.29 is 9.53 Å². The maximum atomic E-state index is 11.5. The van der Waals surface area contributed by atoms with Gasteiger partial charge in [0.15, 0.2) is 0 Å². The van der Waals surface area contributed by atoms with E-state index in [1.165, 1.54) is 63.2 Å². The second-order valence-corrected chi connectivity index (χ2v) is 11.0. The summed E-state index contributed by atoms with van der Waals surface area (Å²) in [6.07, 6.45) is 14.7. The Morgan fingerprint density at radius 1 is 0.870 bits per heavy atom. The quantitative estimate of drug-likeness (QED) is 0.155. The molecule has 0 aliphatic carbocycles. The Kier molecular flexibility index (Phi) is 16.9. The lowest BCUT2D eigenvalue weighted by Crippen LogP contribution is -2.15. The Bertz CT molecular complexity index is 297. The van der Waals surface area contributed by atoms with Gasteiger partial charge in [-0.3, -0.25) is 0 Å². The minimum atomic E-state index is -0.843. The zero-order chi connectivity index (χ0) is 16.8. The molecule has 0 fully saturated rings. The van der Waals surface area contributed by atoms with Crippen LogP contribution in [-0.2, 0) is 9.53 Å². The molecule has 0 aliphatic heterocycles. The second kappa shape index (κ2) is 15.5. The van der Waals surface area contributed by atoms with Gasteiger partial charge in [0.2, 0.25) is 0 Å². The van der Waals surface area contributed by atoms with E-state index < -0.39 is 7.26 Å². The van der Waals surface area contributed by atoms with Crippen LogP contribution in [0.3, 0.4) is 0 Å². The molecule has 4 heteroatoms. The van der Waals surface area contributed by atoms with Crippen LogP contribution in [0.4, 0.5) is 0 Å². The number of hydrogen-bond acceptors (Lipinski definition) is 2. The van der Waals surface area contributed by atoms with Gasteiger partial charge in [-0.15, -0.1) is 12.4 Å². The highest BCUT2D eigenvalue weighted by Crippen LogP contribution is 2.61. The Hall–Kier alpha value is -0.0700. The van der Waals surface area contributed by atoms with E-state index in [1.54, 1.807) is 6.92 Å². The van der Waals surface area contributed by atoms with E-state index in [0.717, 1.165) is 6.42 Å². The SMILES string of the molecule is C=C(C)C(=O)OCCC[P+](CCCC)(CCCC)CCCC.Cl. The van der Waals surface area contributed by atoms with E-state index in [1.807, 2.05) is 0 Å². The van der Waals surface area contributed by atoms with Crippen molar-refractivity contribution in [3.63, 3.8) is 0 Å². The third kappa shape index (κ3) is 12.0. The summed E-state index contributed by atoms with van der Waals surface area (Å²) in [7, 11) is -0.843. The van der Waals surface area contributed by atoms with E-state index in [-0.39, 0.29) is 18.4 Å². The first-order valence-corrected chi connectivity index (χ1v) is 11.7. The maximum absolute atomic E-state index is 11.5. The monoisotopic (exact) mass is 365 g/mol. The normalized spacial score (nSPS) is 11.0. The molecule has 0 aliphatic rings. The number of ether oxygens (including phenoxy) is 1. The summed E-state index contributed by atoms with van der Waals surface area (Å²) in [5.41, 5.74) is 0.504. The van der Waals surface area contributed by atoms with Gasteiger partial charge in [-0.2, -0.15) is 0 Å². The van der Waals surface area contributed by atoms with Crippen molar-refractivity contribution in [2.24, 2.45) is 0 Å². The average molecular weight is 366 g/mol. The van der Waals surface area contributed by atoms with Crippen LogP contribution >= 0.6 is 19.7 Å². The van der Waals surface area contributed by atoms with Crippen molar-refractivity contribution in [1.82, 2.24) is 0 Å². The fraction of sp³-hybridized carbons (Fsp3) is 0.842. The highest BCUT2D eigenvalue weighted by molar-refractivity contribution is 7.75. The summed E-state index contributed by atoms with van der Waals surface area (Å²) in [5, 5.41) is 0. The van der Waals surface area contributed by atoms with Crippen molar-refractivity contribution in [2.45, 2.75) is 72.6 Å². The van der Waals surface area contributed by atoms with Crippen molar-refractivity contribution in [1.29, 1.82) is 0 Å². The van der Waals surface area contributed by atoms with Gasteiger partial charge in [0.25, 0.3) is 0 Å². The van der Waals surface area contributed by atoms with Crippen LogP contribution in [-0.4, -0.2) is 37.2 Å². The van der Waals surface area contributed by atoms with Gasteiger partial charge in [0.1, 0.15) is 0 Å². The first kappa shape index (κ1) is 25.2. The molecule has 0 spiro atoms. The topological polar surface area (TPSA) is 26.3 Å². The Balaban J connectivity index is 0. The molecule has 0 N–H and O–H groups in total. The molecule has 0 amide bonds. The number of halogens is 1. The fourth-order valence-corrected chi connectivity index (χ4v) is 7.94. The number of esters is 1. The number of carbonyl (C=O) groups is 1. The molecule has 138 valence electrons. The van der Waals surface area contributed by atoms with Crippen LogP contribution < -0.4 is 0 Å². The number of carbonyl (C=O) groups excluding carboxylic acids is 1. The Morgan fingerprint density at radius 3 is 1.61 bits per heavy atom. The van der Waals surface area contributed by atoms with Gasteiger partial charge in [-0.05, 0) is 26.2 Å². The molecule has 0 aromatic carbocycles. The van der Waals surface area contributed by atoms with E-state index in [2.05, 4.69) is 27.4 Å². The molecule has 0 saturated carbocycles. The van der Waals surface area contributed by atoms with Crippen LogP contribution in [0.5, 0.6) is 0 Å². The minimum Gasteiger partial charge on any atom is -0.462 e. The fourth-order valence-electron chi connectivity index (χ4n) is 2.84. The van der Waals surface area contributed by atoms with E-state index >= 15 is 0 Å². The van der Waals surface area contributed by atoms with E-state index in [0.29, 0.717) is 12.2 Å². The summed E-state index contributed by atoms with van der Waals surface area (Å²) in [4.78, 5) is 11.5. The first-order chi connectivity index (χ1) is 10.5. The van der Waals surface area contributed by atoms with Gasteiger partial charge in [-0.25, -0.2) is 4.79 Å². The predicted molar refractivity (Wildman–Crippen MR) is 109 cm³/mol. The lowest BCUT2D eigenvalue weighted by Gasteiger charge is -2.28. The molecule has 23 heavy (non-hydrogen) atoms. The lowest BCUT2D eigenvalue weighted by atomic mass is 10.4. The molecule has 0 aromatic rings. The van der Waals surface area contributed by atoms with Gasteiger partial charge >= 0.3 is 5.97 Å². The zero-order valence-electron chi connectivity index (χ0n) is 15.9. The molecule has 0 bridgehead atoms. The van der Waals surface area contributed by atoms with E-state index in [4.69, 9.17) is 4.74 Å². The molecule has 0 atom stereocenters. The lowest BCUT2D eigenvalue weighted by molar-refractivity contribution is -0.138. The average Bonchev–Trinajstić information content (AvgIpc) is 2.52. The summed E-state index contributed by atoms with van der Waals surface area (Å²) >= 11 is 0. The van der Waals surface area contributed by atoms with Crippen molar-refractivity contribution in [3.8, 4) is 0 Å². The Morgan fingerprint density at radius 2 is 1.26 bits per heavy atom. The summed E-state index contributed by atoms with van der Waals surface area (Å²) < 4.78 is 5.29. The molecule has 0 saturated heterocycles. The number of rotatable bonds is 14. The van der Waals surface area contributed by atoms with Crippen LogP contribution in [0.15, 0.2) is 12.2 Å². The molecule has 2 nitrogen and oxygen atoms in total. The van der Waals surface area contributed by atoms with Crippen LogP contribution in [0.2, 0.25) is 0 Å². The van der Waals surface area contributed by atoms with Gasteiger partial charge in [0.05, 0.1) is 31.3 Å². The zero-order valence-corrected chi connectivity index (χ0v) is 17.6. The molecular weight excluding hydrogens is 327 g/mol. The standard InChI is InChI=1S/C19H38O2P.ClH/c1-6-9-14-22(15-10-7-2,16-11-8-3)17-12-13-21-19(20)18(4)5;/h4,6-17H2,1-3,5H3;1H/q+1;. The van der Waals surface area contributed by atoms with Gasteiger partial charge in [-0.1, -0.05) is 46.6 Å². The number of hydrogen-bond donors (Lipinski definition) is 0. The molecular formula is C19H39ClO2P+. The van der Waals surface area contributed by atoms with E-state index in [9.17, 15) is 4.79 Å². The number of unbranched alkanes of at least 4 members (excludes halogenated alkanes) is 3. The van der Waals surface area contributed by atoms with Crippen LogP contribution in [0.25, 0.3) is 0 Å². The first-order valence-electron chi connectivity index (χ1n) is 9.19. The van der Waals surface area contributed by atoms with Gasteiger partial charge < -0.3 is 4.74 Å². The molecule has 0 rings (SSSR count). The van der Waals surface area contributed by atoms with Crippen molar-refractivity contribution in [3.05, 3.63) is 12.2 Å². The highest BCUT2D eigenvalue weighted by Gasteiger charge is 2.34. The van der Waals surface area contributed by atoms with Gasteiger partial charge in [0, 0.05) is 19.3 Å². The minimum absolute atomic E-state index is 0. The third-order valence-electron chi connectivity index (χ3n) is 4.32. The molecule has 0 radical (unpaired) electrons. The van der Waals surface area contributed by atoms with Crippen LogP contribution in [0, 0.1) is 0 Å². The van der Waals surface area contributed by atoms with Crippen LogP contribution in [0.1, 0.15) is 72.6 Å².